The summed E-state index contributed by atoms with van der Waals surface area (Å²) in [5.41, 5.74) is 0. The number of hydrogen-bond donors (Lipinski definition) is 1. The minimum absolute atomic E-state index is 0.226. The third-order valence-corrected chi connectivity index (χ3v) is 4.95. The molecule has 7 heteroatoms. The Morgan fingerprint density at radius 3 is 2.81 bits per heavy atom. The highest BCUT2D eigenvalue weighted by molar-refractivity contribution is 7.90. The minimum Gasteiger partial charge on any atom is -0.353 e. The quantitative estimate of drug-likeness (QED) is 0.721. The van der Waals surface area contributed by atoms with E-state index in [2.05, 4.69) is 5.32 Å². The Kier molecular flexibility index (Phi) is 3.88. The number of carbonyl (C=O) groups is 1. The maximum atomic E-state index is 12.0. The highest BCUT2D eigenvalue weighted by atomic mass is 32.2. The monoisotopic (exact) mass is 245 g/mol. The molecule has 1 aliphatic heterocycles. The van der Waals surface area contributed by atoms with Gasteiger partial charge >= 0.3 is 0 Å². The van der Waals surface area contributed by atoms with Crippen molar-refractivity contribution in [2.75, 3.05) is 13.1 Å². The summed E-state index contributed by atoms with van der Waals surface area (Å²) in [6, 6.07) is 1.03. The molecule has 0 aliphatic carbocycles. The minimum atomic E-state index is -3.69. The van der Waals surface area contributed by atoms with Crippen LogP contribution in [0.1, 0.15) is 20.3 Å². The topological polar surface area (TPSA) is 90.3 Å². The van der Waals surface area contributed by atoms with Gasteiger partial charge < -0.3 is 5.32 Å². The molecule has 1 amide bonds. The van der Waals surface area contributed by atoms with Gasteiger partial charge in [-0.05, 0) is 13.3 Å². The van der Waals surface area contributed by atoms with E-state index in [4.69, 9.17) is 5.26 Å². The van der Waals surface area contributed by atoms with Crippen LogP contribution >= 0.6 is 0 Å². The standard InChI is InChI=1S/C9H15N3O3S/c1-3-8(6-10)16(14,15)12-5-4-11-9(13)7(12)2/h7-8H,3-5H2,1-2H3,(H,11,13). The van der Waals surface area contributed by atoms with Gasteiger partial charge in [-0.3, -0.25) is 4.79 Å². The summed E-state index contributed by atoms with van der Waals surface area (Å²) in [4.78, 5) is 11.4. The van der Waals surface area contributed by atoms with Crippen LogP contribution in [0.4, 0.5) is 0 Å². The van der Waals surface area contributed by atoms with Gasteiger partial charge in [0.15, 0.2) is 5.25 Å². The average Bonchev–Trinajstić information content (AvgIpc) is 2.23. The second-order valence-corrected chi connectivity index (χ2v) is 5.72. The predicted molar refractivity (Wildman–Crippen MR) is 57.8 cm³/mol. The molecule has 90 valence electrons. The molecule has 1 aliphatic rings. The summed E-state index contributed by atoms with van der Waals surface area (Å²) in [7, 11) is -3.69. The second kappa shape index (κ2) is 4.80. The van der Waals surface area contributed by atoms with Crippen LogP contribution in [-0.2, 0) is 14.8 Å². The van der Waals surface area contributed by atoms with Crippen LogP contribution in [0.2, 0.25) is 0 Å². The molecule has 1 rings (SSSR count). The molecule has 0 radical (unpaired) electrons. The van der Waals surface area contributed by atoms with Crippen LogP contribution in [0.25, 0.3) is 0 Å². The van der Waals surface area contributed by atoms with Crippen LogP contribution in [0, 0.1) is 11.3 Å². The number of nitrogens with zero attached hydrogens (tertiary/aromatic N) is 2. The molecule has 0 saturated carbocycles. The fourth-order valence-electron chi connectivity index (χ4n) is 1.64. The molecule has 0 aromatic heterocycles. The summed E-state index contributed by atoms with van der Waals surface area (Å²) in [5.74, 6) is -0.317. The van der Waals surface area contributed by atoms with Crippen LogP contribution in [0.5, 0.6) is 0 Å². The van der Waals surface area contributed by atoms with E-state index in [0.717, 1.165) is 4.31 Å². The predicted octanol–water partition coefficient (Wildman–Crippen LogP) is -0.561. The lowest BCUT2D eigenvalue weighted by atomic mass is 10.2. The molecule has 0 aromatic rings. The number of amides is 1. The number of nitriles is 1. The molecule has 16 heavy (non-hydrogen) atoms. The normalized spacial score (nSPS) is 24.6. The van der Waals surface area contributed by atoms with Crippen molar-refractivity contribution in [2.24, 2.45) is 0 Å². The Morgan fingerprint density at radius 1 is 1.69 bits per heavy atom. The molecule has 1 saturated heterocycles. The molecule has 2 atom stereocenters. The molecule has 2 unspecified atom stereocenters. The highest BCUT2D eigenvalue weighted by Crippen LogP contribution is 2.16. The molecule has 1 heterocycles. The summed E-state index contributed by atoms with van der Waals surface area (Å²) >= 11 is 0. The molecule has 1 fully saturated rings. The van der Waals surface area contributed by atoms with E-state index in [1.807, 2.05) is 0 Å². The zero-order valence-corrected chi connectivity index (χ0v) is 10.1. The van der Waals surface area contributed by atoms with Crippen molar-refractivity contribution >= 4 is 15.9 Å². The first kappa shape index (κ1) is 12.9. The Hall–Kier alpha value is -1.13. The van der Waals surface area contributed by atoms with E-state index < -0.39 is 21.3 Å². The van der Waals surface area contributed by atoms with Gasteiger partial charge in [0.05, 0.1) is 6.07 Å². The van der Waals surface area contributed by atoms with E-state index >= 15 is 0 Å². The maximum absolute atomic E-state index is 12.0. The van der Waals surface area contributed by atoms with E-state index in [0.29, 0.717) is 6.54 Å². The number of hydrogen-bond acceptors (Lipinski definition) is 4. The Balaban J connectivity index is 3.00. The van der Waals surface area contributed by atoms with Crippen LogP contribution < -0.4 is 5.32 Å². The van der Waals surface area contributed by atoms with Gasteiger partial charge in [-0.1, -0.05) is 6.92 Å². The van der Waals surface area contributed by atoms with Gasteiger partial charge in [0.25, 0.3) is 0 Å². The number of carbonyl (C=O) groups excluding carboxylic acids is 1. The lowest BCUT2D eigenvalue weighted by molar-refractivity contribution is -0.126. The van der Waals surface area contributed by atoms with Crippen molar-refractivity contribution in [3.63, 3.8) is 0 Å². The van der Waals surface area contributed by atoms with Crippen molar-refractivity contribution in [2.45, 2.75) is 31.6 Å². The van der Waals surface area contributed by atoms with Crippen LogP contribution in [0.3, 0.4) is 0 Å². The molecular formula is C9H15N3O3S. The lowest BCUT2D eigenvalue weighted by Gasteiger charge is -2.32. The second-order valence-electron chi connectivity index (χ2n) is 3.65. The number of nitrogens with one attached hydrogen (secondary N) is 1. The van der Waals surface area contributed by atoms with Crippen molar-refractivity contribution in [3.05, 3.63) is 0 Å². The zero-order valence-electron chi connectivity index (χ0n) is 9.30. The van der Waals surface area contributed by atoms with E-state index in [1.54, 1.807) is 13.0 Å². The summed E-state index contributed by atoms with van der Waals surface area (Å²) in [5, 5.41) is 10.3. The first-order valence-electron chi connectivity index (χ1n) is 5.13. The smallest absolute Gasteiger partial charge is 0.238 e. The van der Waals surface area contributed by atoms with E-state index in [-0.39, 0.29) is 18.9 Å². The molecule has 0 aromatic carbocycles. The SMILES string of the molecule is CCC(C#N)S(=O)(=O)N1CCNC(=O)C1C. The average molecular weight is 245 g/mol. The van der Waals surface area contributed by atoms with Crippen molar-refractivity contribution in [1.29, 1.82) is 5.26 Å². The van der Waals surface area contributed by atoms with Crippen LogP contribution in [-0.4, -0.2) is 43.0 Å². The fraction of sp³-hybridized carbons (Fsp3) is 0.778. The number of rotatable bonds is 3. The zero-order chi connectivity index (χ0) is 12.3. The lowest BCUT2D eigenvalue weighted by Crippen LogP contribution is -2.57. The summed E-state index contributed by atoms with van der Waals surface area (Å²) < 4.78 is 25.2. The molecule has 1 N–H and O–H groups in total. The van der Waals surface area contributed by atoms with Gasteiger partial charge in [0, 0.05) is 13.1 Å². The number of piperazine rings is 1. The number of sulfonamides is 1. The third-order valence-electron chi connectivity index (χ3n) is 2.64. The van der Waals surface area contributed by atoms with Crippen molar-refractivity contribution in [1.82, 2.24) is 9.62 Å². The Morgan fingerprint density at radius 2 is 2.31 bits per heavy atom. The summed E-state index contributed by atoms with van der Waals surface area (Å²) in [6.45, 7) is 3.69. The first-order chi connectivity index (χ1) is 7.45. The van der Waals surface area contributed by atoms with Gasteiger partial charge in [-0.25, -0.2) is 8.42 Å². The Bertz CT molecular complexity index is 412. The molecule has 0 bridgehead atoms. The summed E-state index contributed by atoms with van der Waals surface area (Å²) in [6.07, 6.45) is 0.226. The first-order valence-corrected chi connectivity index (χ1v) is 6.63. The van der Waals surface area contributed by atoms with Crippen molar-refractivity contribution < 1.29 is 13.2 Å². The third kappa shape index (κ3) is 2.18. The molecular weight excluding hydrogens is 230 g/mol. The van der Waals surface area contributed by atoms with Gasteiger partial charge in [-0.15, -0.1) is 0 Å². The Labute approximate surface area is 95.3 Å². The fourth-order valence-corrected chi connectivity index (χ4v) is 3.40. The maximum Gasteiger partial charge on any atom is 0.238 e. The molecule has 6 nitrogen and oxygen atoms in total. The van der Waals surface area contributed by atoms with E-state index in [9.17, 15) is 13.2 Å². The largest absolute Gasteiger partial charge is 0.353 e. The van der Waals surface area contributed by atoms with Crippen molar-refractivity contribution in [3.8, 4) is 6.07 Å². The van der Waals surface area contributed by atoms with Gasteiger partial charge in [0.1, 0.15) is 6.04 Å². The van der Waals surface area contributed by atoms with Gasteiger partial charge in [0.2, 0.25) is 15.9 Å². The van der Waals surface area contributed by atoms with E-state index in [1.165, 1.54) is 6.92 Å². The van der Waals surface area contributed by atoms with Crippen LogP contribution in [0.15, 0.2) is 0 Å². The van der Waals surface area contributed by atoms with Gasteiger partial charge in [-0.2, -0.15) is 9.57 Å². The highest BCUT2D eigenvalue weighted by Gasteiger charge is 2.38. The molecule has 0 spiro atoms.